The highest BCUT2D eigenvalue weighted by Gasteiger charge is 2.50. The van der Waals surface area contributed by atoms with E-state index in [-0.39, 0.29) is 5.16 Å². The molecule has 0 rings (SSSR count). The van der Waals surface area contributed by atoms with E-state index in [2.05, 4.69) is 13.8 Å². The minimum atomic E-state index is -2.05. The fourth-order valence-corrected chi connectivity index (χ4v) is 3.52. The van der Waals surface area contributed by atoms with E-state index in [1.54, 1.807) is 0 Å². The lowest BCUT2D eigenvalue weighted by Crippen LogP contribution is -2.32. The van der Waals surface area contributed by atoms with Crippen LogP contribution in [-0.4, -0.2) is 10.0 Å². The van der Waals surface area contributed by atoms with Crippen LogP contribution in [0.15, 0.2) is 0 Å². The molecule has 0 aliphatic rings. The van der Waals surface area contributed by atoms with Crippen LogP contribution in [0.1, 0.15) is 53.4 Å². The van der Waals surface area contributed by atoms with Crippen molar-refractivity contribution in [3.63, 3.8) is 0 Å². The molecule has 0 radical (unpaired) electrons. The first-order chi connectivity index (χ1) is 6.08. The molecule has 0 aromatic carbocycles. The topological polar surface area (TPSA) is 37.3 Å². The lowest BCUT2D eigenvalue weighted by atomic mass is 9.83. The second-order valence-electron chi connectivity index (χ2n) is 3.60. The predicted molar refractivity (Wildman–Crippen MR) is 57.2 cm³/mol. The van der Waals surface area contributed by atoms with Gasteiger partial charge in [-0.05, 0) is 30.2 Å². The first-order valence-corrected chi connectivity index (χ1v) is 6.46. The zero-order valence-corrected chi connectivity index (χ0v) is 10.1. The smallest absolute Gasteiger partial charge is 0.160 e. The van der Waals surface area contributed by atoms with Crippen LogP contribution in [0, 0.1) is 5.92 Å². The van der Waals surface area contributed by atoms with E-state index in [0.29, 0.717) is 5.92 Å². The van der Waals surface area contributed by atoms with Crippen LogP contribution < -0.4 is 0 Å². The van der Waals surface area contributed by atoms with Gasteiger partial charge >= 0.3 is 8.03 Å². The molecule has 0 amide bonds. The van der Waals surface area contributed by atoms with Crippen LogP contribution in [0.3, 0.4) is 0 Å². The summed E-state index contributed by atoms with van der Waals surface area (Å²) < 4.78 is 11.4. The Labute approximate surface area is 82.6 Å². The van der Waals surface area contributed by atoms with Gasteiger partial charge in [-0.25, -0.2) is 0 Å². The van der Waals surface area contributed by atoms with E-state index < -0.39 is 8.03 Å². The van der Waals surface area contributed by atoms with Crippen LogP contribution in [0.25, 0.3) is 0 Å². The van der Waals surface area contributed by atoms with Crippen molar-refractivity contribution in [2.75, 3.05) is 0 Å². The van der Waals surface area contributed by atoms with Gasteiger partial charge in [0.15, 0.2) is 5.16 Å². The third-order valence-electron chi connectivity index (χ3n) is 3.35. The minimum absolute atomic E-state index is 0.334. The summed E-state index contributed by atoms with van der Waals surface area (Å²) in [4.78, 5) is 9.40. The Kier molecular flexibility index (Phi) is 5.75. The van der Waals surface area contributed by atoms with Gasteiger partial charge in [0.25, 0.3) is 0 Å². The second-order valence-corrected chi connectivity index (χ2v) is 5.03. The molecule has 0 bridgehead atoms. The maximum absolute atomic E-state index is 11.4. The van der Waals surface area contributed by atoms with Crippen molar-refractivity contribution in [2.24, 2.45) is 5.92 Å². The van der Waals surface area contributed by atoms with Gasteiger partial charge in [-0.1, -0.05) is 27.7 Å². The molecule has 3 heteroatoms. The van der Waals surface area contributed by atoms with E-state index in [9.17, 15) is 9.46 Å². The highest BCUT2D eigenvalue weighted by molar-refractivity contribution is 7.40. The largest absolute Gasteiger partial charge is 0.512 e. The lowest BCUT2D eigenvalue weighted by molar-refractivity contribution is 0.298. The van der Waals surface area contributed by atoms with Crippen LogP contribution in [0.5, 0.6) is 0 Å². The molecule has 0 aliphatic heterocycles. The van der Waals surface area contributed by atoms with E-state index in [0.717, 1.165) is 25.7 Å². The van der Waals surface area contributed by atoms with E-state index >= 15 is 0 Å². The normalized spacial score (nSPS) is 13.5. The Morgan fingerprint density at radius 1 is 1.15 bits per heavy atom. The molecule has 0 saturated carbocycles. The summed E-state index contributed by atoms with van der Waals surface area (Å²) in [6.45, 7) is 8.25. The Morgan fingerprint density at radius 3 is 1.62 bits per heavy atom. The van der Waals surface area contributed by atoms with Gasteiger partial charge in [0.05, 0.1) is 0 Å². The SMILES string of the molecule is CCC(CC)C(CC)(CC)[P+](=O)O. The Hall–Kier alpha value is 0.0600. The lowest BCUT2D eigenvalue weighted by Gasteiger charge is -2.26. The molecule has 0 spiro atoms. The summed E-state index contributed by atoms with van der Waals surface area (Å²) in [5.74, 6) is 0.385. The zero-order valence-electron chi connectivity index (χ0n) is 9.21. The molecule has 0 aromatic heterocycles. The number of rotatable bonds is 6. The molecular weight excluding hydrogens is 183 g/mol. The molecule has 13 heavy (non-hydrogen) atoms. The number of hydrogen-bond donors (Lipinski definition) is 1. The molecule has 1 atom stereocenters. The first-order valence-electron chi connectivity index (χ1n) is 5.25. The highest BCUT2D eigenvalue weighted by Crippen LogP contribution is 2.49. The van der Waals surface area contributed by atoms with Crippen LogP contribution in [0.4, 0.5) is 0 Å². The molecule has 1 N–H and O–H groups in total. The van der Waals surface area contributed by atoms with Crippen molar-refractivity contribution in [3.8, 4) is 0 Å². The van der Waals surface area contributed by atoms with Crippen molar-refractivity contribution in [1.82, 2.24) is 0 Å². The third-order valence-corrected chi connectivity index (χ3v) is 5.11. The van der Waals surface area contributed by atoms with Gasteiger partial charge in [-0.3, -0.25) is 0 Å². The van der Waals surface area contributed by atoms with Crippen molar-refractivity contribution in [3.05, 3.63) is 0 Å². The molecule has 78 valence electrons. The number of hydrogen-bond acceptors (Lipinski definition) is 1. The molecule has 0 fully saturated rings. The molecule has 0 heterocycles. The van der Waals surface area contributed by atoms with Crippen LogP contribution in [0.2, 0.25) is 0 Å². The average molecular weight is 205 g/mol. The van der Waals surface area contributed by atoms with Crippen molar-refractivity contribution in [2.45, 2.75) is 58.5 Å². The third kappa shape index (κ3) is 2.51. The minimum Gasteiger partial charge on any atom is -0.160 e. The molecule has 2 nitrogen and oxygen atoms in total. The molecule has 0 saturated heterocycles. The summed E-state index contributed by atoms with van der Waals surface area (Å²) in [7, 11) is -2.05. The van der Waals surface area contributed by atoms with Gasteiger partial charge in [0, 0.05) is 5.92 Å². The average Bonchev–Trinajstić information content (AvgIpc) is 2.13. The van der Waals surface area contributed by atoms with Gasteiger partial charge in [0.2, 0.25) is 0 Å². The van der Waals surface area contributed by atoms with Crippen LogP contribution >= 0.6 is 8.03 Å². The summed E-state index contributed by atoms with van der Waals surface area (Å²) in [6.07, 6.45) is 3.61. The predicted octanol–water partition coefficient (Wildman–Crippen LogP) is 3.72. The molecule has 0 aromatic rings. The molecular formula is C10H22O2P+. The van der Waals surface area contributed by atoms with E-state index in [1.807, 2.05) is 13.8 Å². The van der Waals surface area contributed by atoms with Gasteiger partial charge in [-0.2, -0.15) is 4.89 Å². The van der Waals surface area contributed by atoms with Gasteiger partial charge in [-0.15, -0.1) is 0 Å². The Morgan fingerprint density at radius 2 is 1.54 bits per heavy atom. The summed E-state index contributed by atoms with van der Waals surface area (Å²) >= 11 is 0. The monoisotopic (exact) mass is 205 g/mol. The fraction of sp³-hybridized carbons (Fsp3) is 1.00. The quantitative estimate of drug-likeness (QED) is 0.671. The van der Waals surface area contributed by atoms with Gasteiger partial charge < -0.3 is 0 Å². The van der Waals surface area contributed by atoms with E-state index in [1.165, 1.54) is 0 Å². The van der Waals surface area contributed by atoms with Crippen molar-refractivity contribution in [1.29, 1.82) is 0 Å². The summed E-state index contributed by atoms with van der Waals surface area (Å²) in [6, 6.07) is 0. The summed E-state index contributed by atoms with van der Waals surface area (Å²) in [5, 5.41) is -0.334. The molecule has 0 aliphatic carbocycles. The molecule has 1 unspecified atom stereocenters. The zero-order chi connectivity index (χ0) is 10.5. The van der Waals surface area contributed by atoms with Crippen LogP contribution in [-0.2, 0) is 4.57 Å². The fourth-order valence-electron chi connectivity index (χ4n) is 2.30. The maximum Gasteiger partial charge on any atom is 0.512 e. The second kappa shape index (κ2) is 5.72. The highest BCUT2D eigenvalue weighted by atomic mass is 31.1. The standard InChI is InChI=1S/C10H21O2P/c1-5-9(6-2)10(7-3,8-4)13(11)12/h9H,5-8H2,1-4H3/p+1. The van der Waals surface area contributed by atoms with Gasteiger partial charge in [0.1, 0.15) is 0 Å². The summed E-state index contributed by atoms with van der Waals surface area (Å²) in [5.41, 5.74) is 0. The maximum atomic E-state index is 11.4. The first kappa shape index (κ1) is 13.1. The Bertz CT molecular complexity index is 160. The van der Waals surface area contributed by atoms with Crippen molar-refractivity contribution < 1.29 is 9.46 Å². The van der Waals surface area contributed by atoms with Crippen molar-refractivity contribution >= 4 is 8.03 Å². The Balaban J connectivity index is 4.82. The van der Waals surface area contributed by atoms with E-state index in [4.69, 9.17) is 0 Å².